The smallest absolute Gasteiger partial charge is 0.139 e. The third kappa shape index (κ3) is 3.25. The van der Waals surface area contributed by atoms with Gasteiger partial charge in [0.2, 0.25) is 0 Å². The minimum atomic E-state index is 0.392. The van der Waals surface area contributed by atoms with Crippen LogP contribution in [0, 0.1) is 0 Å². The summed E-state index contributed by atoms with van der Waals surface area (Å²) in [6.45, 7) is 0.392. The highest BCUT2D eigenvalue weighted by molar-refractivity contribution is 6.33. The minimum Gasteiger partial charge on any atom is -0.487 e. The van der Waals surface area contributed by atoms with Gasteiger partial charge < -0.3 is 10.5 Å². The fourth-order valence-corrected chi connectivity index (χ4v) is 1.60. The molecule has 5 heteroatoms. The van der Waals surface area contributed by atoms with Crippen molar-refractivity contribution < 1.29 is 4.74 Å². The summed E-state index contributed by atoms with van der Waals surface area (Å²) in [5, 5.41) is 1.08. The molecule has 88 valence electrons. The Kier molecular flexibility index (Phi) is 3.71. The average molecular weight is 269 g/mol. The van der Waals surface area contributed by atoms with E-state index in [9.17, 15) is 0 Å². The molecule has 0 aliphatic carbocycles. The maximum atomic E-state index is 5.83. The Hall–Kier alpha value is -1.45. The van der Waals surface area contributed by atoms with Gasteiger partial charge in [0, 0.05) is 12.3 Å². The summed E-state index contributed by atoms with van der Waals surface area (Å²) in [6, 6.07) is 7.08. The van der Waals surface area contributed by atoms with Crippen molar-refractivity contribution >= 4 is 28.9 Å². The molecule has 2 rings (SSSR count). The molecule has 3 nitrogen and oxygen atoms in total. The van der Waals surface area contributed by atoms with E-state index in [0.717, 1.165) is 5.56 Å². The number of aromatic nitrogens is 1. The van der Waals surface area contributed by atoms with Gasteiger partial charge in [-0.15, -0.1) is 0 Å². The molecule has 0 fully saturated rings. The zero-order valence-electron chi connectivity index (χ0n) is 8.86. The lowest BCUT2D eigenvalue weighted by Crippen LogP contribution is -1.97. The van der Waals surface area contributed by atoms with Crippen LogP contribution in [0.3, 0.4) is 0 Å². The van der Waals surface area contributed by atoms with Gasteiger partial charge in [0.25, 0.3) is 0 Å². The molecule has 2 aromatic rings. The van der Waals surface area contributed by atoms with Crippen LogP contribution in [-0.4, -0.2) is 4.98 Å². The van der Waals surface area contributed by atoms with E-state index in [0.29, 0.717) is 28.1 Å². The average Bonchev–Trinajstić information content (AvgIpc) is 2.31. The van der Waals surface area contributed by atoms with E-state index in [1.807, 2.05) is 6.07 Å². The van der Waals surface area contributed by atoms with Crippen LogP contribution in [0.15, 0.2) is 36.7 Å². The molecule has 17 heavy (non-hydrogen) atoms. The predicted molar refractivity (Wildman–Crippen MR) is 69.4 cm³/mol. The van der Waals surface area contributed by atoms with Gasteiger partial charge in [-0.05, 0) is 17.7 Å². The second kappa shape index (κ2) is 5.25. The molecule has 2 N–H and O–H groups in total. The minimum absolute atomic E-state index is 0.392. The topological polar surface area (TPSA) is 48.1 Å². The van der Waals surface area contributed by atoms with Crippen LogP contribution in [0.4, 0.5) is 5.69 Å². The summed E-state index contributed by atoms with van der Waals surface area (Å²) in [4.78, 5) is 3.93. The Balaban J connectivity index is 2.05. The van der Waals surface area contributed by atoms with Crippen LogP contribution in [0.25, 0.3) is 0 Å². The number of benzene rings is 1. The summed E-state index contributed by atoms with van der Waals surface area (Å²) < 4.78 is 5.52. The monoisotopic (exact) mass is 268 g/mol. The number of nitrogens with zero attached hydrogens (tertiary/aromatic N) is 1. The Labute approximate surface area is 109 Å². The number of hydrogen-bond donors (Lipinski definition) is 1. The van der Waals surface area contributed by atoms with Gasteiger partial charge in [-0.25, -0.2) is 0 Å². The first-order chi connectivity index (χ1) is 8.15. The van der Waals surface area contributed by atoms with Gasteiger partial charge in [0.05, 0.1) is 21.9 Å². The molecule has 0 atom stereocenters. The number of ether oxygens (including phenoxy) is 1. The van der Waals surface area contributed by atoms with Gasteiger partial charge >= 0.3 is 0 Å². The Bertz CT molecular complexity index is 532. The number of anilines is 1. The number of halogens is 2. The summed E-state index contributed by atoms with van der Waals surface area (Å²) >= 11 is 11.6. The SMILES string of the molecule is Nc1cc(COc2cncc(Cl)c2)ccc1Cl. The Morgan fingerprint density at radius 2 is 2.00 bits per heavy atom. The predicted octanol–water partition coefficient (Wildman–Crippen LogP) is 3.55. The molecule has 0 radical (unpaired) electrons. The van der Waals surface area contributed by atoms with Crippen LogP contribution in [-0.2, 0) is 6.61 Å². The van der Waals surface area contributed by atoms with Gasteiger partial charge in [-0.1, -0.05) is 29.3 Å². The molecule has 0 aliphatic rings. The molecule has 1 aromatic carbocycles. The van der Waals surface area contributed by atoms with Crippen LogP contribution in [0.1, 0.15) is 5.56 Å². The number of hydrogen-bond acceptors (Lipinski definition) is 3. The number of nitrogens with two attached hydrogens (primary N) is 1. The molecule has 0 bridgehead atoms. The first kappa shape index (κ1) is 12.0. The van der Waals surface area contributed by atoms with E-state index in [-0.39, 0.29) is 0 Å². The van der Waals surface area contributed by atoms with Crippen molar-refractivity contribution in [3.8, 4) is 5.75 Å². The highest BCUT2D eigenvalue weighted by Gasteiger charge is 2.00. The Morgan fingerprint density at radius 3 is 2.71 bits per heavy atom. The lowest BCUT2D eigenvalue weighted by Gasteiger charge is -2.07. The van der Waals surface area contributed by atoms with Crippen molar-refractivity contribution in [3.63, 3.8) is 0 Å². The van der Waals surface area contributed by atoms with E-state index in [1.165, 1.54) is 0 Å². The fourth-order valence-electron chi connectivity index (χ4n) is 1.32. The first-order valence-corrected chi connectivity index (χ1v) is 5.68. The van der Waals surface area contributed by atoms with Crippen LogP contribution >= 0.6 is 23.2 Å². The zero-order chi connectivity index (χ0) is 12.3. The van der Waals surface area contributed by atoms with E-state index in [2.05, 4.69) is 4.98 Å². The highest BCUT2D eigenvalue weighted by Crippen LogP contribution is 2.21. The standard InChI is InChI=1S/C12H10Cl2N2O/c13-9-4-10(6-16-5-9)17-7-8-1-2-11(14)12(15)3-8/h1-6H,7,15H2. The summed E-state index contributed by atoms with van der Waals surface area (Å²) in [5.74, 6) is 0.617. The largest absolute Gasteiger partial charge is 0.487 e. The summed E-state index contributed by atoms with van der Waals surface area (Å²) in [5.41, 5.74) is 7.17. The third-order valence-electron chi connectivity index (χ3n) is 2.15. The molecule has 0 amide bonds. The number of rotatable bonds is 3. The van der Waals surface area contributed by atoms with Crippen molar-refractivity contribution in [1.82, 2.24) is 4.98 Å². The molecular formula is C12H10Cl2N2O. The van der Waals surface area contributed by atoms with Gasteiger partial charge in [0.15, 0.2) is 0 Å². The first-order valence-electron chi connectivity index (χ1n) is 4.92. The van der Waals surface area contributed by atoms with E-state index in [4.69, 9.17) is 33.7 Å². The highest BCUT2D eigenvalue weighted by atomic mass is 35.5. The molecule has 0 saturated carbocycles. The summed E-state index contributed by atoms with van der Waals surface area (Å²) in [6.07, 6.45) is 3.15. The molecule has 0 saturated heterocycles. The van der Waals surface area contributed by atoms with Crippen LogP contribution < -0.4 is 10.5 Å². The van der Waals surface area contributed by atoms with Gasteiger partial charge in [-0.3, -0.25) is 4.98 Å². The van der Waals surface area contributed by atoms with Crippen LogP contribution in [0.5, 0.6) is 5.75 Å². The molecule has 0 unspecified atom stereocenters. The molecular weight excluding hydrogens is 259 g/mol. The molecule has 1 heterocycles. The third-order valence-corrected chi connectivity index (χ3v) is 2.70. The second-order valence-corrected chi connectivity index (χ2v) is 4.33. The summed E-state index contributed by atoms with van der Waals surface area (Å²) in [7, 11) is 0. The zero-order valence-corrected chi connectivity index (χ0v) is 10.4. The maximum Gasteiger partial charge on any atom is 0.139 e. The lowest BCUT2D eigenvalue weighted by atomic mass is 10.2. The fraction of sp³-hybridized carbons (Fsp3) is 0.0833. The van der Waals surface area contributed by atoms with Gasteiger partial charge in [-0.2, -0.15) is 0 Å². The van der Waals surface area contributed by atoms with Crippen molar-refractivity contribution in [1.29, 1.82) is 0 Å². The van der Waals surface area contributed by atoms with Crippen molar-refractivity contribution in [3.05, 3.63) is 52.3 Å². The maximum absolute atomic E-state index is 5.83. The Morgan fingerprint density at radius 1 is 1.18 bits per heavy atom. The van der Waals surface area contributed by atoms with Crippen LogP contribution in [0.2, 0.25) is 10.0 Å². The van der Waals surface area contributed by atoms with E-state index < -0.39 is 0 Å². The quantitative estimate of drug-likeness (QED) is 0.867. The number of pyridine rings is 1. The van der Waals surface area contributed by atoms with E-state index >= 15 is 0 Å². The normalized spacial score (nSPS) is 10.2. The van der Waals surface area contributed by atoms with Gasteiger partial charge in [0.1, 0.15) is 12.4 Å². The number of nitrogen functional groups attached to an aromatic ring is 1. The molecule has 0 spiro atoms. The van der Waals surface area contributed by atoms with Crippen molar-refractivity contribution in [2.45, 2.75) is 6.61 Å². The second-order valence-electron chi connectivity index (χ2n) is 3.48. The van der Waals surface area contributed by atoms with Crippen molar-refractivity contribution in [2.75, 3.05) is 5.73 Å². The van der Waals surface area contributed by atoms with Crippen molar-refractivity contribution in [2.24, 2.45) is 0 Å². The lowest BCUT2D eigenvalue weighted by molar-refractivity contribution is 0.305. The van der Waals surface area contributed by atoms with E-state index in [1.54, 1.807) is 30.6 Å². The molecule has 1 aromatic heterocycles. The molecule has 0 aliphatic heterocycles.